The van der Waals surface area contributed by atoms with Crippen LogP contribution >= 0.6 is 0 Å². The molecule has 0 aromatic heterocycles. The van der Waals surface area contributed by atoms with Crippen LogP contribution in [0.1, 0.15) is 25.0 Å². The Morgan fingerprint density at radius 2 is 1.76 bits per heavy atom. The first-order chi connectivity index (χ1) is 10.0. The summed E-state index contributed by atoms with van der Waals surface area (Å²) in [6, 6.07) is 15.4. The molecule has 21 heavy (non-hydrogen) atoms. The minimum atomic E-state index is -0.943. The lowest BCUT2D eigenvalue weighted by atomic mass is 9.89. The van der Waals surface area contributed by atoms with Crippen molar-refractivity contribution in [2.45, 2.75) is 25.9 Å². The van der Waals surface area contributed by atoms with Crippen LogP contribution in [0.4, 0.5) is 0 Å². The lowest BCUT2D eigenvalue weighted by molar-refractivity contribution is 0.0573. The Morgan fingerprint density at radius 3 is 2.38 bits per heavy atom. The van der Waals surface area contributed by atoms with Crippen LogP contribution in [0.3, 0.4) is 0 Å². The van der Waals surface area contributed by atoms with Gasteiger partial charge in [-0.05, 0) is 49.2 Å². The van der Waals surface area contributed by atoms with E-state index in [0.29, 0.717) is 13.0 Å². The molecule has 2 rings (SSSR count). The van der Waals surface area contributed by atoms with Gasteiger partial charge in [0.15, 0.2) is 0 Å². The molecule has 0 fully saturated rings. The fraction of sp³-hybridized carbons (Fsp3) is 0.333. The first-order valence-corrected chi connectivity index (χ1v) is 7.14. The number of ether oxygens (including phenoxy) is 2. The van der Waals surface area contributed by atoms with Crippen molar-refractivity contribution in [1.29, 1.82) is 0 Å². The van der Waals surface area contributed by atoms with Crippen LogP contribution in [0.2, 0.25) is 0 Å². The summed E-state index contributed by atoms with van der Waals surface area (Å²) < 4.78 is 10.6. The molecule has 3 heteroatoms. The molecule has 2 aromatic carbocycles. The van der Waals surface area contributed by atoms with Gasteiger partial charge in [-0.3, -0.25) is 0 Å². The lowest BCUT2D eigenvalue weighted by Crippen LogP contribution is -2.24. The van der Waals surface area contributed by atoms with Crippen molar-refractivity contribution in [1.82, 2.24) is 0 Å². The first kappa shape index (κ1) is 15.4. The summed E-state index contributed by atoms with van der Waals surface area (Å²) in [6.45, 7) is 4.38. The zero-order chi connectivity index (χ0) is 15.3. The number of hydrogen-bond acceptors (Lipinski definition) is 3. The van der Waals surface area contributed by atoms with Crippen molar-refractivity contribution in [3.8, 4) is 11.5 Å². The molecule has 0 aliphatic carbocycles. The van der Waals surface area contributed by atoms with Crippen LogP contribution in [0.5, 0.6) is 11.5 Å². The van der Waals surface area contributed by atoms with Gasteiger partial charge < -0.3 is 14.6 Å². The van der Waals surface area contributed by atoms with Gasteiger partial charge in [0.2, 0.25) is 0 Å². The maximum atomic E-state index is 10.8. The highest BCUT2D eigenvalue weighted by atomic mass is 16.5. The number of methoxy groups -OCH3 is 1. The van der Waals surface area contributed by atoms with E-state index in [1.54, 1.807) is 7.11 Å². The van der Waals surface area contributed by atoms with Gasteiger partial charge >= 0.3 is 0 Å². The third-order valence-corrected chi connectivity index (χ3v) is 3.47. The van der Waals surface area contributed by atoms with Crippen LogP contribution in [0, 0.1) is 0 Å². The van der Waals surface area contributed by atoms with E-state index in [1.807, 2.05) is 62.4 Å². The number of benzene rings is 2. The van der Waals surface area contributed by atoms with E-state index in [9.17, 15) is 5.11 Å². The predicted octanol–water partition coefficient (Wildman–Crippen LogP) is 3.54. The SMILES string of the molecule is CCOc1cccc(C(C)(O)Cc2ccc(OC)cc2)c1. The van der Waals surface area contributed by atoms with Gasteiger partial charge in [0.05, 0.1) is 19.3 Å². The number of aliphatic hydroxyl groups is 1. The molecule has 1 N–H and O–H groups in total. The van der Waals surface area contributed by atoms with Crippen molar-refractivity contribution in [2.24, 2.45) is 0 Å². The van der Waals surface area contributed by atoms with Gasteiger partial charge in [-0.2, -0.15) is 0 Å². The van der Waals surface area contributed by atoms with E-state index in [4.69, 9.17) is 9.47 Å². The zero-order valence-electron chi connectivity index (χ0n) is 12.8. The highest BCUT2D eigenvalue weighted by Crippen LogP contribution is 2.28. The Kier molecular flexibility index (Phi) is 4.86. The molecule has 0 saturated carbocycles. The van der Waals surface area contributed by atoms with Gasteiger partial charge in [0, 0.05) is 6.42 Å². The summed E-state index contributed by atoms with van der Waals surface area (Å²) in [5.41, 5.74) is 0.966. The van der Waals surface area contributed by atoms with Gasteiger partial charge in [-0.15, -0.1) is 0 Å². The Balaban J connectivity index is 2.18. The van der Waals surface area contributed by atoms with Crippen LogP contribution in [0.25, 0.3) is 0 Å². The monoisotopic (exact) mass is 286 g/mol. The molecule has 112 valence electrons. The third-order valence-electron chi connectivity index (χ3n) is 3.47. The standard InChI is InChI=1S/C18H22O3/c1-4-21-17-7-5-6-15(12-17)18(2,19)13-14-8-10-16(20-3)11-9-14/h5-12,19H,4,13H2,1-3H3. The van der Waals surface area contributed by atoms with E-state index < -0.39 is 5.60 Å². The molecule has 0 spiro atoms. The quantitative estimate of drug-likeness (QED) is 0.882. The van der Waals surface area contributed by atoms with Crippen LogP contribution in [-0.4, -0.2) is 18.8 Å². The molecule has 0 heterocycles. The summed E-state index contributed by atoms with van der Waals surface area (Å²) >= 11 is 0. The molecular weight excluding hydrogens is 264 g/mol. The van der Waals surface area contributed by atoms with Crippen molar-refractivity contribution in [3.63, 3.8) is 0 Å². The summed E-state index contributed by atoms with van der Waals surface area (Å²) in [6.07, 6.45) is 0.534. The molecule has 3 nitrogen and oxygen atoms in total. The third kappa shape index (κ3) is 3.99. The minimum absolute atomic E-state index is 0.534. The normalized spacial score (nSPS) is 13.5. The predicted molar refractivity (Wildman–Crippen MR) is 83.9 cm³/mol. The molecule has 0 aliphatic rings. The van der Waals surface area contributed by atoms with E-state index in [-0.39, 0.29) is 0 Å². The largest absolute Gasteiger partial charge is 0.497 e. The van der Waals surface area contributed by atoms with Crippen molar-refractivity contribution >= 4 is 0 Å². The molecule has 1 atom stereocenters. The second-order valence-corrected chi connectivity index (χ2v) is 5.26. The van der Waals surface area contributed by atoms with Gasteiger partial charge in [0.25, 0.3) is 0 Å². The average Bonchev–Trinajstić information content (AvgIpc) is 2.48. The second-order valence-electron chi connectivity index (χ2n) is 5.26. The number of rotatable bonds is 6. The highest BCUT2D eigenvalue weighted by Gasteiger charge is 2.24. The Hall–Kier alpha value is -2.00. The molecule has 0 amide bonds. The highest BCUT2D eigenvalue weighted by molar-refractivity contribution is 5.34. The first-order valence-electron chi connectivity index (χ1n) is 7.14. The van der Waals surface area contributed by atoms with E-state index >= 15 is 0 Å². The maximum absolute atomic E-state index is 10.8. The summed E-state index contributed by atoms with van der Waals surface area (Å²) in [4.78, 5) is 0. The fourth-order valence-corrected chi connectivity index (χ4v) is 2.33. The Labute approximate surface area is 126 Å². The van der Waals surface area contributed by atoms with Crippen molar-refractivity contribution in [2.75, 3.05) is 13.7 Å². The van der Waals surface area contributed by atoms with Gasteiger partial charge in [-0.25, -0.2) is 0 Å². The minimum Gasteiger partial charge on any atom is -0.497 e. The second kappa shape index (κ2) is 6.64. The van der Waals surface area contributed by atoms with E-state index in [2.05, 4.69) is 0 Å². The van der Waals surface area contributed by atoms with Crippen LogP contribution in [-0.2, 0) is 12.0 Å². The summed E-state index contributed by atoms with van der Waals surface area (Å²) in [5, 5.41) is 10.8. The summed E-state index contributed by atoms with van der Waals surface area (Å²) in [5.74, 6) is 1.60. The smallest absolute Gasteiger partial charge is 0.119 e. The number of hydrogen-bond donors (Lipinski definition) is 1. The lowest BCUT2D eigenvalue weighted by Gasteiger charge is -2.24. The Morgan fingerprint density at radius 1 is 1.05 bits per heavy atom. The molecule has 0 bridgehead atoms. The topological polar surface area (TPSA) is 38.7 Å². The average molecular weight is 286 g/mol. The van der Waals surface area contributed by atoms with Gasteiger partial charge in [-0.1, -0.05) is 24.3 Å². The maximum Gasteiger partial charge on any atom is 0.119 e. The van der Waals surface area contributed by atoms with Crippen LogP contribution < -0.4 is 9.47 Å². The van der Waals surface area contributed by atoms with Crippen LogP contribution in [0.15, 0.2) is 48.5 Å². The molecule has 1 unspecified atom stereocenters. The van der Waals surface area contributed by atoms with Crippen molar-refractivity contribution < 1.29 is 14.6 Å². The van der Waals surface area contributed by atoms with Crippen molar-refractivity contribution in [3.05, 3.63) is 59.7 Å². The molecule has 0 radical (unpaired) electrons. The van der Waals surface area contributed by atoms with E-state index in [0.717, 1.165) is 22.6 Å². The zero-order valence-corrected chi connectivity index (χ0v) is 12.8. The molecule has 0 aliphatic heterocycles. The fourth-order valence-electron chi connectivity index (χ4n) is 2.33. The molecular formula is C18H22O3. The Bertz CT molecular complexity index is 573. The molecule has 2 aromatic rings. The van der Waals surface area contributed by atoms with Gasteiger partial charge in [0.1, 0.15) is 11.5 Å². The summed E-state index contributed by atoms with van der Waals surface area (Å²) in [7, 11) is 1.64. The molecule has 0 saturated heterocycles. The van der Waals surface area contributed by atoms with E-state index in [1.165, 1.54) is 0 Å².